The van der Waals surface area contributed by atoms with Crippen LogP contribution in [0.25, 0.3) is 0 Å². The lowest BCUT2D eigenvalue weighted by Crippen LogP contribution is -2.32. The van der Waals surface area contributed by atoms with E-state index in [4.69, 9.17) is 0 Å². The van der Waals surface area contributed by atoms with Gasteiger partial charge in [0.2, 0.25) is 10.0 Å². The highest BCUT2D eigenvalue weighted by Crippen LogP contribution is 2.18. The molecule has 5 nitrogen and oxygen atoms in total. The molecule has 0 saturated heterocycles. The number of anilines is 1. The highest BCUT2D eigenvalue weighted by atomic mass is 32.2. The molecule has 6 heteroatoms. The zero-order chi connectivity index (χ0) is 15.2. The first-order valence-electron chi connectivity index (χ1n) is 6.75. The largest absolute Gasteiger partial charge is 0.339 e. The third-order valence-electron chi connectivity index (χ3n) is 2.90. The van der Waals surface area contributed by atoms with E-state index in [9.17, 15) is 13.2 Å². The van der Waals surface area contributed by atoms with Gasteiger partial charge in [-0.05, 0) is 25.5 Å². The van der Waals surface area contributed by atoms with Gasteiger partial charge in [0, 0.05) is 13.1 Å². The van der Waals surface area contributed by atoms with Crippen LogP contribution in [0, 0.1) is 0 Å². The molecular weight excluding hydrogens is 276 g/mol. The van der Waals surface area contributed by atoms with Crippen molar-refractivity contribution in [1.82, 2.24) is 4.90 Å². The van der Waals surface area contributed by atoms with Crippen LogP contribution in [0.15, 0.2) is 24.3 Å². The minimum Gasteiger partial charge on any atom is -0.339 e. The molecular formula is C14H22N2O3S. The van der Waals surface area contributed by atoms with E-state index in [0.717, 1.165) is 19.1 Å². The Morgan fingerprint density at radius 1 is 1.25 bits per heavy atom. The third kappa shape index (κ3) is 4.85. The van der Waals surface area contributed by atoms with Crippen molar-refractivity contribution in [2.24, 2.45) is 0 Å². The standard InChI is InChI=1S/C14H22N2O3S/c1-4-6-11-16(5-2)14(17)12-9-7-8-10-13(12)15-20(3,18)19/h7-10,15H,4-6,11H2,1-3H3. The lowest BCUT2D eigenvalue weighted by Gasteiger charge is -2.22. The number of hydrogen-bond acceptors (Lipinski definition) is 3. The van der Waals surface area contributed by atoms with Gasteiger partial charge in [-0.3, -0.25) is 9.52 Å². The summed E-state index contributed by atoms with van der Waals surface area (Å²) in [6.07, 6.45) is 3.01. The number of carbonyl (C=O) groups excluding carboxylic acids is 1. The van der Waals surface area contributed by atoms with Crippen molar-refractivity contribution in [3.63, 3.8) is 0 Å². The molecule has 0 aliphatic rings. The van der Waals surface area contributed by atoms with Crippen LogP contribution in [0.1, 0.15) is 37.0 Å². The van der Waals surface area contributed by atoms with Crippen molar-refractivity contribution in [3.8, 4) is 0 Å². The maximum atomic E-state index is 12.5. The van der Waals surface area contributed by atoms with Gasteiger partial charge >= 0.3 is 0 Å². The Morgan fingerprint density at radius 3 is 2.45 bits per heavy atom. The van der Waals surface area contributed by atoms with E-state index in [1.54, 1.807) is 29.2 Å². The summed E-state index contributed by atoms with van der Waals surface area (Å²) < 4.78 is 25.1. The highest BCUT2D eigenvalue weighted by Gasteiger charge is 2.18. The molecule has 0 atom stereocenters. The van der Waals surface area contributed by atoms with Gasteiger partial charge in [-0.25, -0.2) is 8.42 Å². The summed E-state index contributed by atoms with van der Waals surface area (Å²) in [6, 6.07) is 6.67. The number of hydrogen-bond donors (Lipinski definition) is 1. The zero-order valence-corrected chi connectivity index (χ0v) is 13.0. The Kier molecular flexibility index (Phi) is 6.01. The molecule has 1 aromatic rings. The van der Waals surface area contributed by atoms with Gasteiger partial charge in [-0.2, -0.15) is 0 Å². The first-order valence-corrected chi connectivity index (χ1v) is 8.64. The van der Waals surface area contributed by atoms with Gasteiger partial charge in [0.05, 0.1) is 17.5 Å². The minimum absolute atomic E-state index is 0.146. The van der Waals surface area contributed by atoms with Crippen LogP contribution in [0.4, 0.5) is 5.69 Å². The van der Waals surface area contributed by atoms with Crippen LogP contribution < -0.4 is 4.72 Å². The highest BCUT2D eigenvalue weighted by molar-refractivity contribution is 7.92. The maximum absolute atomic E-state index is 12.5. The number of unbranched alkanes of at least 4 members (excludes halogenated alkanes) is 1. The Bertz CT molecular complexity index is 555. The van der Waals surface area contributed by atoms with Crippen LogP contribution >= 0.6 is 0 Å². The molecule has 0 heterocycles. The van der Waals surface area contributed by atoms with E-state index in [1.165, 1.54) is 0 Å². The summed E-state index contributed by atoms with van der Waals surface area (Å²) in [5.74, 6) is -0.146. The maximum Gasteiger partial charge on any atom is 0.255 e. The van der Waals surface area contributed by atoms with E-state index in [2.05, 4.69) is 11.6 Å². The third-order valence-corrected chi connectivity index (χ3v) is 3.49. The number of sulfonamides is 1. The molecule has 0 aliphatic carbocycles. The van der Waals surface area contributed by atoms with Crippen molar-refractivity contribution in [1.29, 1.82) is 0 Å². The summed E-state index contributed by atoms with van der Waals surface area (Å²) in [7, 11) is -3.40. The molecule has 0 radical (unpaired) electrons. The molecule has 1 aromatic carbocycles. The summed E-state index contributed by atoms with van der Waals surface area (Å²) in [4.78, 5) is 14.2. The lowest BCUT2D eigenvalue weighted by atomic mass is 10.1. The van der Waals surface area contributed by atoms with Crippen molar-refractivity contribution < 1.29 is 13.2 Å². The quantitative estimate of drug-likeness (QED) is 0.840. The predicted molar refractivity (Wildman–Crippen MR) is 81.4 cm³/mol. The van der Waals surface area contributed by atoms with Gasteiger partial charge < -0.3 is 4.90 Å². The van der Waals surface area contributed by atoms with E-state index in [1.807, 2.05) is 6.92 Å². The molecule has 0 unspecified atom stereocenters. The number of benzene rings is 1. The first kappa shape index (κ1) is 16.5. The van der Waals surface area contributed by atoms with Crippen molar-refractivity contribution in [2.45, 2.75) is 26.7 Å². The number of nitrogens with zero attached hydrogens (tertiary/aromatic N) is 1. The Morgan fingerprint density at radius 2 is 1.90 bits per heavy atom. The summed E-state index contributed by atoms with van der Waals surface area (Å²) >= 11 is 0. The summed E-state index contributed by atoms with van der Waals surface area (Å²) in [5, 5.41) is 0. The fraction of sp³-hybridized carbons (Fsp3) is 0.500. The SMILES string of the molecule is CCCCN(CC)C(=O)c1ccccc1NS(C)(=O)=O. The van der Waals surface area contributed by atoms with E-state index in [0.29, 0.717) is 24.3 Å². The molecule has 20 heavy (non-hydrogen) atoms. The second kappa shape index (κ2) is 7.28. The number of carbonyl (C=O) groups is 1. The molecule has 0 bridgehead atoms. The summed E-state index contributed by atoms with van der Waals surface area (Å²) in [6.45, 7) is 5.27. The van der Waals surface area contributed by atoms with Gasteiger partial charge in [-0.15, -0.1) is 0 Å². The van der Waals surface area contributed by atoms with Gasteiger partial charge in [0.15, 0.2) is 0 Å². The van der Waals surface area contributed by atoms with Crippen molar-refractivity contribution in [2.75, 3.05) is 24.1 Å². The first-order chi connectivity index (χ1) is 9.39. The van der Waals surface area contributed by atoms with Crippen LogP contribution in [0.5, 0.6) is 0 Å². The molecule has 0 fully saturated rings. The van der Waals surface area contributed by atoms with Gasteiger partial charge in [-0.1, -0.05) is 25.5 Å². The summed E-state index contributed by atoms with van der Waals surface area (Å²) in [5.41, 5.74) is 0.714. The number of rotatable bonds is 7. The van der Waals surface area contributed by atoms with E-state index < -0.39 is 10.0 Å². The fourth-order valence-electron chi connectivity index (χ4n) is 1.88. The topological polar surface area (TPSA) is 66.5 Å². The molecule has 1 amide bonds. The Balaban J connectivity index is 3.02. The number of amides is 1. The Labute approximate surface area is 121 Å². The average Bonchev–Trinajstić information content (AvgIpc) is 2.38. The molecule has 112 valence electrons. The van der Waals surface area contributed by atoms with Crippen LogP contribution in [-0.4, -0.2) is 38.6 Å². The zero-order valence-electron chi connectivity index (χ0n) is 12.2. The van der Waals surface area contributed by atoms with Crippen LogP contribution in [0.3, 0.4) is 0 Å². The van der Waals surface area contributed by atoms with Crippen molar-refractivity contribution >= 4 is 21.6 Å². The van der Waals surface area contributed by atoms with Crippen molar-refractivity contribution in [3.05, 3.63) is 29.8 Å². The molecule has 1 rings (SSSR count). The monoisotopic (exact) mass is 298 g/mol. The normalized spacial score (nSPS) is 11.2. The smallest absolute Gasteiger partial charge is 0.255 e. The molecule has 0 saturated carbocycles. The minimum atomic E-state index is -3.40. The Hall–Kier alpha value is -1.56. The predicted octanol–water partition coefficient (Wildman–Crippen LogP) is 2.32. The molecule has 0 aliphatic heterocycles. The number of para-hydroxylation sites is 1. The lowest BCUT2D eigenvalue weighted by molar-refractivity contribution is 0.0763. The fourth-order valence-corrected chi connectivity index (χ4v) is 2.46. The van der Waals surface area contributed by atoms with E-state index >= 15 is 0 Å². The van der Waals surface area contributed by atoms with Gasteiger partial charge in [0.1, 0.15) is 0 Å². The van der Waals surface area contributed by atoms with Crippen LogP contribution in [0.2, 0.25) is 0 Å². The van der Waals surface area contributed by atoms with E-state index in [-0.39, 0.29) is 5.91 Å². The second-order valence-corrected chi connectivity index (χ2v) is 6.41. The van der Waals surface area contributed by atoms with Gasteiger partial charge in [0.25, 0.3) is 5.91 Å². The van der Waals surface area contributed by atoms with Crippen LogP contribution in [-0.2, 0) is 10.0 Å². The second-order valence-electron chi connectivity index (χ2n) is 4.66. The number of nitrogens with one attached hydrogen (secondary N) is 1. The molecule has 0 spiro atoms. The molecule has 0 aromatic heterocycles. The molecule has 1 N–H and O–H groups in total. The average molecular weight is 298 g/mol.